The molecule has 0 aliphatic heterocycles. The summed E-state index contributed by atoms with van der Waals surface area (Å²) in [6.07, 6.45) is 9.33. The number of hydrogen-bond donors (Lipinski definition) is 1. The fraction of sp³-hybridized carbons (Fsp3) is 0.889. The average molecular weight is 361 g/mol. The Balaban J connectivity index is 3.87. The Morgan fingerprint density at radius 3 is 2.04 bits per heavy atom. The fourth-order valence-electron chi connectivity index (χ4n) is 2.52. The average Bonchev–Trinajstić information content (AvgIpc) is 2.56. The lowest BCUT2D eigenvalue weighted by atomic mass is 10.1. The van der Waals surface area contributed by atoms with Crippen molar-refractivity contribution in [1.82, 2.24) is 5.32 Å². The van der Waals surface area contributed by atoms with Crippen LogP contribution in [0.4, 0.5) is 0 Å². The van der Waals surface area contributed by atoms with Crippen LogP contribution in [0, 0.1) is 6.42 Å². The first-order valence-corrected chi connectivity index (χ1v) is 11.6. The second-order valence-corrected chi connectivity index (χ2v) is 8.49. The maximum Gasteiger partial charge on any atom is 0.500 e. The molecule has 1 radical (unpaired) electrons. The van der Waals surface area contributed by atoms with Crippen LogP contribution in [0.15, 0.2) is 0 Å². The van der Waals surface area contributed by atoms with Gasteiger partial charge in [0.15, 0.2) is 0 Å². The normalized spacial score (nSPS) is 11.7. The van der Waals surface area contributed by atoms with Crippen molar-refractivity contribution in [2.75, 3.05) is 26.4 Å². The lowest BCUT2D eigenvalue weighted by Gasteiger charge is -2.28. The molecule has 1 amide bonds. The van der Waals surface area contributed by atoms with Crippen LogP contribution in [-0.2, 0) is 18.1 Å². The molecule has 24 heavy (non-hydrogen) atoms. The predicted molar refractivity (Wildman–Crippen MR) is 101 cm³/mol. The Kier molecular flexibility index (Phi) is 15.8. The van der Waals surface area contributed by atoms with E-state index in [-0.39, 0.29) is 5.91 Å². The monoisotopic (exact) mass is 360 g/mol. The highest BCUT2D eigenvalue weighted by Crippen LogP contribution is 2.17. The molecule has 0 bridgehead atoms. The molecule has 0 aliphatic rings. The first-order chi connectivity index (χ1) is 11.6. The molecule has 1 N–H and O–H groups in total. The number of carbonyl (C=O) groups excluding carboxylic acids is 1. The zero-order valence-electron chi connectivity index (χ0n) is 16.2. The van der Waals surface area contributed by atoms with Crippen LogP contribution in [0.3, 0.4) is 0 Å². The summed E-state index contributed by atoms with van der Waals surface area (Å²) in [7, 11) is -2.57. The van der Waals surface area contributed by atoms with Crippen molar-refractivity contribution in [3.8, 4) is 0 Å². The van der Waals surface area contributed by atoms with Gasteiger partial charge < -0.3 is 18.6 Å². The number of nitrogens with one attached hydrogen (secondary N) is 1. The molecule has 0 aromatic carbocycles. The van der Waals surface area contributed by atoms with Crippen molar-refractivity contribution in [2.24, 2.45) is 0 Å². The Hall–Kier alpha value is -0.433. The van der Waals surface area contributed by atoms with Crippen LogP contribution in [-0.4, -0.2) is 41.1 Å². The zero-order chi connectivity index (χ0) is 18.1. The smallest absolute Gasteiger partial charge is 0.374 e. The third-order valence-corrected chi connectivity index (χ3v) is 6.80. The Morgan fingerprint density at radius 2 is 1.50 bits per heavy atom. The fourth-order valence-corrected chi connectivity index (χ4v) is 5.13. The highest BCUT2D eigenvalue weighted by molar-refractivity contribution is 6.60. The first kappa shape index (κ1) is 23.6. The van der Waals surface area contributed by atoms with Crippen LogP contribution in [0.1, 0.15) is 72.6 Å². The van der Waals surface area contributed by atoms with Crippen molar-refractivity contribution in [2.45, 2.75) is 78.7 Å². The zero-order valence-corrected chi connectivity index (χ0v) is 17.2. The molecule has 0 aromatic heterocycles. The number of unbranched alkanes of at least 4 members (excludes halogenated alkanes) is 5. The van der Waals surface area contributed by atoms with Gasteiger partial charge in [-0.1, -0.05) is 26.2 Å². The summed E-state index contributed by atoms with van der Waals surface area (Å²) in [6, 6.07) is 0.744. The third kappa shape index (κ3) is 12.0. The Labute approximate surface area is 150 Å². The van der Waals surface area contributed by atoms with Crippen LogP contribution in [0.5, 0.6) is 0 Å². The standard InChI is InChI=1S/C18H38NO4Si/c1-5-9-10-11-12-13-15-18(20)19-16-14-17-24(21-6-2,22-7-3)23-8-4/h11H,5-10,12-17H2,1-4H3,(H,19,20). The van der Waals surface area contributed by atoms with Gasteiger partial charge in [0.2, 0.25) is 5.91 Å². The minimum Gasteiger partial charge on any atom is -0.374 e. The van der Waals surface area contributed by atoms with Crippen LogP contribution >= 0.6 is 0 Å². The molecule has 0 rings (SSSR count). The molecule has 6 heteroatoms. The van der Waals surface area contributed by atoms with Crippen LogP contribution in [0.2, 0.25) is 6.04 Å². The van der Waals surface area contributed by atoms with E-state index in [1.165, 1.54) is 12.8 Å². The van der Waals surface area contributed by atoms with Gasteiger partial charge in [0.05, 0.1) is 0 Å². The first-order valence-electron chi connectivity index (χ1n) is 9.64. The Bertz CT molecular complexity index is 286. The van der Waals surface area contributed by atoms with E-state index in [1.807, 2.05) is 20.8 Å². The van der Waals surface area contributed by atoms with E-state index in [4.69, 9.17) is 13.3 Å². The second-order valence-electron chi connectivity index (χ2n) is 5.76. The number of rotatable bonds is 17. The van der Waals surface area contributed by atoms with Crippen molar-refractivity contribution < 1.29 is 18.1 Å². The Morgan fingerprint density at radius 1 is 0.917 bits per heavy atom. The van der Waals surface area contributed by atoms with E-state index < -0.39 is 8.80 Å². The van der Waals surface area contributed by atoms with E-state index >= 15 is 0 Å². The van der Waals surface area contributed by atoms with E-state index in [0.29, 0.717) is 32.8 Å². The van der Waals surface area contributed by atoms with Gasteiger partial charge in [-0.3, -0.25) is 4.79 Å². The van der Waals surface area contributed by atoms with Gasteiger partial charge in [0, 0.05) is 38.8 Å². The van der Waals surface area contributed by atoms with Gasteiger partial charge >= 0.3 is 8.80 Å². The molecule has 143 valence electrons. The third-order valence-electron chi connectivity index (χ3n) is 3.65. The molecular formula is C18H38NO4Si. The van der Waals surface area contributed by atoms with Gasteiger partial charge in [-0.25, -0.2) is 0 Å². The summed E-state index contributed by atoms with van der Waals surface area (Å²) in [5, 5.41) is 2.99. The summed E-state index contributed by atoms with van der Waals surface area (Å²) in [6.45, 7) is 10.5. The summed E-state index contributed by atoms with van der Waals surface area (Å²) >= 11 is 0. The summed E-state index contributed by atoms with van der Waals surface area (Å²) < 4.78 is 17.4. The minimum atomic E-state index is -2.57. The molecule has 0 heterocycles. The summed E-state index contributed by atoms with van der Waals surface area (Å²) in [5.41, 5.74) is 0. The van der Waals surface area contributed by atoms with Crippen molar-refractivity contribution in [3.05, 3.63) is 6.42 Å². The van der Waals surface area contributed by atoms with Gasteiger partial charge in [0.25, 0.3) is 0 Å². The van der Waals surface area contributed by atoms with Crippen molar-refractivity contribution in [1.29, 1.82) is 0 Å². The number of amides is 1. The lowest BCUT2D eigenvalue weighted by Crippen LogP contribution is -2.46. The van der Waals surface area contributed by atoms with Crippen molar-refractivity contribution in [3.63, 3.8) is 0 Å². The van der Waals surface area contributed by atoms with Gasteiger partial charge in [-0.2, -0.15) is 0 Å². The molecule has 0 saturated heterocycles. The molecule has 0 unspecified atom stereocenters. The largest absolute Gasteiger partial charge is 0.500 e. The lowest BCUT2D eigenvalue weighted by molar-refractivity contribution is -0.121. The van der Waals surface area contributed by atoms with E-state index in [2.05, 4.69) is 18.7 Å². The van der Waals surface area contributed by atoms with Gasteiger partial charge in [0.1, 0.15) is 0 Å². The molecule has 5 nitrogen and oxygen atoms in total. The molecule has 0 aromatic rings. The molecule has 0 atom stereocenters. The van der Waals surface area contributed by atoms with Crippen LogP contribution in [0.25, 0.3) is 0 Å². The molecule has 0 spiro atoms. The molecule has 0 saturated carbocycles. The second kappa shape index (κ2) is 16.1. The summed E-state index contributed by atoms with van der Waals surface area (Å²) in [5.74, 6) is 0.135. The van der Waals surface area contributed by atoms with E-state index in [0.717, 1.165) is 31.7 Å². The maximum absolute atomic E-state index is 11.8. The van der Waals surface area contributed by atoms with E-state index in [1.54, 1.807) is 0 Å². The maximum atomic E-state index is 11.8. The number of hydrogen-bond acceptors (Lipinski definition) is 4. The topological polar surface area (TPSA) is 56.8 Å². The minimum absolute atomic E-state index is 0.135. The molecule has 0 aliphatic carbocycles. The molecular weight excluding hydrogens is 322 g/mol. The van der Waals surface area contributed by atoms with Gasteiger partial charge in [-0.05, 0) is 46.5 Å². The highest BCUT2D eigenvalue weighted by atomic mass is 28.4. The molecule has 0 fully saturated rings. The van der Waals surface area contributed by atoms with E-state index in [9.17, 15) is 4.79 Å². The predicted octanol–water partition coefficient (Wildman–Crippen LogP) is 4.11. The highest BCUT2D eigenvalue weighted by Gasteiger charge is 2.39. The SMILES string of the molecule is CCCC[CH]CCCC(=O)NCCC[Si](OCC)(OCC)OCC. The van der Waals surface area contributed by atoms with Crippen molar-refractivity contribution >= 4 is 14.7 Å². The quantitative estimate of drug-likeness (QED) is 0.313. The summed E-state index contributed by atoms with van der Waals surface area (Å²) in [4.78, 5) is 11.8. The van der Waals surface area contributed by atoms with Gasteiger partial charge in [-0.15, -0.1) is 0 Å². The van der Waals surface area contributed by atoms with Crippen LogP contribution < -0.4 is 5.32 Å². The number of carbonyl (C=O) groups is 1.